The van der Waals surface area contributed by atoms with Crippen molar-refractivity contribution in [3.63, 3.8) is 0 Å². The molecular weight excluding hydrogens is 256 g/mol. The maximum Gasteiger partial charge on any atom is 0.203 e. The molecular formula is C16H18O2S. The number of thiophene rings is 1. The zero-order valence-electron chi connectivity index (χ0n) is 11.5. The van der Waals surface area contributed by atoms with E-state index in [-0.39, 0.29) is 5.78 Å². The number of hydrogen-bond donors (Lipinski definition) is 0. The molecule has 2 rings (SSSR count). The van der Waals surface area contributed by atoms with Crippen molar-refractivity contribution in [3.05, 3.63) is 51.7 Å². The van der Waals surface area contributed by atoms with Crippen LogP contribution in [0.5, 0.6) is 5.75 Å². The number of ether oxygens (including phenoxy) is 1. The Kier molecular flexibility index (Phi) is 4.38. The number of benzene rings is 1. The Balaban J connectivity index is 2.42. The molecule has 1 heterocycles. The maximum atomic E-state index is 12.5. The topological polar surface area (TPSA) is 26.3 Å². The van der Waals surface area contributed by atoms with Gasteiger partial charge in [0.2, 0.25) is 5.78 Å². The van der Waals surface area contributed by atoms with Crippen molar-refractivity contribution in [2.24, 2.45) is 0 Å². The van der Waals surface area contributed by atoms with Gasteiger partial charge in [0.05, 0.1) is 11.5 Å². The van der Waals surface area contributed by atoms with Crippen LogP contribution in [0, 0.1) is 0 Å². The fourth-order valence-electron chi connectivity index (χ4n) is 2.02. The molecule has 0 fully saturated rings. The third-order valence-electron chi connectivity index (χ3n) is 2.95. The van der Waals surface area contributed by atoms with Crippen LogP contribution in [0.2, 0.25) is 0 Å². The molecule has 0 unspecified atom stereocenters. The molecule has 0 saturated carbocycles. The van der Waals surface area contributed by atoms with E-state index in [0.717, 1.165) is 21.8 Å². The minimum Gasteiger partial charge on any atom is -0.494 e. The van der Waals surface area contributed by atoms with Crippen molar-refractivity contribution in [1.29, 1.82) is 0 Å². The highest BCUT2D eigenvalue weighted by Gasteiger charge is 2.17. The lowest BCUT2D eigenvalue weighted by Gasteiger charge is -2.13. The Morgan fingerprint density at radius 1 is 1.32 bits per heavy atom. The summed E-state index contributed by atoms with van der Waals surface area (Å²) in [6.07, 6.45) is 0. The molecule has 0 atom stereocenters. The van der Waals surface area contributed by atoms with E-state index in [2.05, 4.69) is 13.8 Å². The summed E-state index contributed by atoms with van der Waals surface area (Å²) in [6.45, 7) is 6.78. The fraction of sp³-hybridized carbons (Fsp3) is 0.312. The van der Waals surface area contributed by atoms with Crippen molar-refractivity contribution < 1.29 is 9.53 Å². The molecule has 0 saturated heterocycles. The molecule has 2 nitrogen and oxygen atoms in total. The summed E-state index contributed by atoms with van der Waals surface area (Å²) < 4.78 is 5.51. The zero-order valence-corrected chi connectivity index (χ0v) is 12.3. The van der Waals surface area contributed by atoms with Gasteiger partial charge in [0, 0.05) is 5.56 Å². The molecule has 0 spiro atoms. The first-order valence-corrected chi connectivity index (χ1v) is 7.36. The van der Waals surface area contributed by atoms with Crippen LogP contribution in [-0.2, 0) is 0 Å². The number of carbonyl (C=O) groups is 1. The van der Waals surface area contributed by atoms with E-state index in [0.29, 0.717) is 12.5 Å². The molecule has 0 aliphatic carbocycles. The summed E-state index contributed by atoms with van der Waals surface area (Å²) in [7, 11) is 0. The Morgan fingerprint density at radius 3 is 2.68 bits per heavy atom. The van der Waals surface area contributed by atoms with Crippen LogP contribution >= 0.6 is 11.3 Å². The molecule has 1 aromatic heterocycles. The van der Waals surface area contributed by atoms with Gasteiger partial charge in [-0.1, -0.05) is 19.9 Å². The summed E-state index contributed by atoms with van der Waals surface area (Å²) in [5, 5.41) is 1.93. The predicted octanol–water partition coefficient (Wildman–Crippen LogP) is 4.50. The number of carbonyl (C=O) groups excluding carboxylic acids is 1. The van der Waals surface area contributed by atoms with E-state index in [1.54, 1.807) is 0 Å². The predicted molar refractivity (Wildman–Crippen MR) is 79.5 cm³/mol. The molecule has 0 N–H and O–H groups in total. The zero-order chi connectivity index (χ0) is 13.8. The smallest absolute Gasteiger partial charge is 0.203 e. The van der Waals surface area contributed by atoms with E-state index in [4.69, 9.17) is 4.74 Å². The van der Waals surface area contributed by atoms with Gasteiger partial charge in [-0.15, -0.1) is 11.3 Å². The van der Waals surface area contributed by atoms with Crippen LogP contribution in [0.3, 0.4) is 0 Å². The largest absolute Gasteiger partial charge is 0.494 e. The molecule has 100 valence electrons. The van der Waals surface area contributed by atoms with Crippen molar-refractivity contribution in [1.82, 2.24) is 0 Å². The number of ketones is 1. The Bertz CT molecular complexity index is 556. The second-order valence-electron chi connectivity index (χ2n) is 4.64. The molecule has 1 aromatic carbocycles. The van der Waals surface area contributed by atoms with E-state index >= 15 is 0 Å². The van der Waals surface area contributed by atoms with Gasteiger partial charge in [0.1, 0.15) is 5.75 Å². The second kappa shape index (κ2) is 6.02. The molecule has 19 heavy (non-hydrogen) atoms. The van der Waals surface area contributed by atoms with Crippen molar-refractivity contribution in [2.75, 3.05) is 6.61 Å². The standard InChI is InChI=1S/C16H18O2S/c1-4-18-12-7-8-13(14(10-12)11(2)3)16(17)15-6-5-9-19-15/h5-11H,4H2,1-3H3. The maximum absolute atomic E-state index is 12.5. The van der Waals surface area contributed by atoms with E-state index in [1.807, 2.05) is 42.6 Å². The minimum absolute atomic E-state index is 0.0988. The van der Waals surface area contributed by atoms with Crippen LogP contribution in [-0.4, -0.2) is 12.4 Å². The lowest BCUT2D eigenvalue weighted by Crippen LogP contribution is -2.06. The van der Waals surface area contributed by atoms with E-state index in [1.165, 1.54) is 11.3 Å². The minimum atomic E-state index is 0.0988. The Hall–Kier alpha value is -1.61. The summed E-state index contributed by atoms with van der Waals surface area (Å²) in [4.78, 5) is 13.3. The molecule has 0 radical (unpaired) electrons. The monoisotopic (exact) mass is 274 g/mol. The highest BCUT2D eigenvalue weighted by atomic mass is 32.1. The first-order chi connectivity index (χ1) is 9.13. The van der Waals surface area contributed by atoms with Gasteiger partial charge in [-0.3, -0.25) is 4.79 Å². The van der Waals surface area contributed by atoms with E-state index < -0.39 is 0 Å². The lowest BCUT2D eigenvalue weighted by molar-refractivity contribution is 0.104. The molecule has 2 aromatic rings. The van der Waals surface area contributed by atoms with Gasteiger partial charge in [-0.25, -0.2) is 0 Å². The average molecular weight is 274 g/mol. The Labute approximate surface area is 118 Å². The first-order valence-electron chi connectivity index (χ1n) is 6.48. The SMILES string of the molecule is CCOc1ccc(C(=O)c2cccs2)c(C(C)C)c1. The van der Waals surface area contributed by atoms with Crippen molar-refractivity contribution in [2.45, 2.75) is 26.7 Å². The summed E-state index contributed by atoms with van der Waals surface area (Å²) in [5.74, 6) is 1.22. The van der Waals surface area contributed by atoms with Gasteiger partial charge >= 0.3 is 0 Å². The summed E-state index contributed by atoms with van der Waals surface area (Å²) in [6, 6.07) is 9.50. The van der Waals surface area contributed by atoms with Crippen LogP contribution in [0.25, 0.3) is 0 Å². The Morgan fingerprint density at radius 2 is 2.11 bits per heavy atom. The first kappa shape index (κ1) is 13.8. The summed E-state index contributed by atoms with van der Waals surface area (Å²) in [5.41, 5.74) is 1.82. The highest BCUT2D eigenvalue weighted by molar-refractivity contribution is 7.12. The van der Waals surface area contributed by atoms with Crippen LogP contribution in [0.15, 0.2) is 35.7 Å². The average Bonchev–Trinajstić information content (AvgIpc) is 2.92. The van der Waals surface area contributed by atoms with Crippen molar-refractivity contribution >= 4 is 17.1 Å². The van der Waals surface area contributed by atoms with Crippen molar-refractivity contribution in [3.8, 4) is 5.75 Å². The molecule has 0 amide bonds. The van der Waals surface area contributed by atoms with Crippen LogP contribution in [0.4, 0.5) is 0 Å². The van der Waals surface area contributed by atoms with Gasteiger partial charge < -0.3 is 4.74 Å². The summed E-state index contributed by atoms with van der Waals surface area (Å²) >= 11 is 1.48. The molecule has 0 aliphatic heterocycles. The number of rotatable bonds is 5. The second-order valence-corrected chi connectivity index (χ2v) is 5.59. The quantitative estimate of drug-likeness (QED) is 0.750. The van der Waals surface area contributed by atoms with Gasteiger partial charge in [0.25, 0.3) is 0 Å². The van der Waals surface area contributed by atoms with Gasteiger partial charge in [-0.2, -0.15) is 0 Å². The van der Waals surface area contributed by atoms with E-state index in [9.17, 15) is 4.79 Å². The highest BCUT2D eigenvalue weighted by Crippen LogP contribution is 2.27. The third kappa shape index (κ3) is 3.04. The van der Waals surface area contributed by atoms with Gasteiger partial charge in [0.15, 0.2) is 0 Å². The molecule has 0 aliphatic rings. The van der Waals surface area contributed by atoms with Gasteiger partial charge in [-0.05, 0) is 48.1 Å². The molecule has 3 heteroatoms. The third-order valence-corrected chi connectivity index (χ3v) is 3.81. The van der Waals surface area contributed by atoms with Crippen LogP contribution in [0.1, 0.15) is 47.5 Å². The normalized spacial score (nSPS) is 10.7. The lowest BCUT2D eigenvalue weighted by atomic mass is 9.94. The van der Waals surface area contributed by atoms with Crippen LogP contribution < -0.4 is 4.74 Å². The fourth-order valence-corrected chi connectivity index (χ4v) is 2.70. The number of hydrogen-bond acceptors (Lipinski definition) is 3. The molecule has 0 bridgehead atoms.